The van der Waals surface area contributed by atoms with Crippen LogP contribution < -0.4 is 11.1 Å². The van der Waals surface area contributed by atoms with Gasteiger partial charge in [0.2, 0.25) is 17.6 Å². The Labute approximate surface area is 219 Å². The Morgan fingerprint density at radius 1 is 1.15 bits per heavy atom. The molecule has 4 aliphatic rings. The molecule has 0 radical (unpaired) electrons. The number of carbonyl (C=O) groups is 4. The van der Waals surface area contributed by atoms with Gasteiger partial charge in [-0.2, -0.15) is 0 Å². The zero-order valence-electron chi connectivity index (χ0n) is 20.4. The van der Waals surface area contributed by atoms with Gasteiger partial charge in [0.25, 0.3) is 5.91 Å². The van der Waals surface area contributed by atoms with Crippen molar-refractivity contribution in [2.45, 2.75) is 56.5 Å². The predicted molar refractivity (Wildman–Crippen MR) is 126 cm³/mol. The lowest BCUT2D eigenvalue weighted by Gasteiger charge is -2.45. The van der Waals surface area contributed by atoms with Crippen LogP contribution in [0.1, 0.15) is 54.4 Å². The van der Waals surface area contributed by atoms with Crippen molar-refractivity contribution < 1.29 is 52.8 Å². The predicted octanol–water partition coefficient (Wildman–Crippen LogP) is 2.48. The van der Waals surface area contributed by atoms with Crippen molar-refractivity contribution in [2.24, 2.45) is 23.5 Å². The molecule has 1 aromatic rings. The van der Waals surface area contributed by atoms with Crippen LogP contribution in [0.3, 0.4) is 0 Å². The molecule has 10 nitrogen and oxygen atoms in total. The first-order valence-electron chi connectivity index (χ1n) is 12.3. The SMILES string of the molecule is NC(=O)C1=C(O)C[C@@H]2CC3Cc4c(F)cc(NC(=O)CC5CCC(F)(F)C5)c(O)c4C(=O)C3=C(O)[C@]2(O)C1=O. The molecule has 208 valence electrons. The highest BCUT2D eigenvalue weighted by atomic mass is 19.3. The zero-order chi connectivity index (χ0) is 28.6. The second-order valence-electron chi connectivity index (χ2n) is 10.7. The maximum absolute atomic E-state index is 15.2. The van der Waals surface area contributed by atoms with E-state index in [4.69, 9.17) is 5.73 Å². The van der Waals surface area contributed by atoms with E-state index in [2.05, 4.69) is 5.32 Å². The highest BCUT2D eigenvalue weighted by molar-refractivity contribution is 6.24. The largest absolute Gasteiger partial charge is 0.511 e. The lowest BCUT2D eigenvalue weighted by molar-refractivity contribution is -0.144. The van der Waals surface area contributed by atoms with Gasteiger partial charge in [0.05, 0.1) is 11.3 Å². The highest BCUT2D eigenvalue weighted by Crippen LogP contribution is 2.52. The third-order valence-electron chi connectivity index (χ3n) is 8.26. The Balaban J connectivity index is 1.50. The summed E-state index contributed by atoms with van der Waals surface area (Å²) in [5.74, 6) is -13.7. The summed E-state index contributed by atoms with van der Waals surface area (Å²) < 4.78 is 42.1. The van der Waals surface area contributed by atoms with Crippen molar-refractivity contribution in [1.29, 1.82) is 0 Å². The minimum atomic E-state index is -2.88. The Kier molecular flexibility index (Phi) is 6.05. The van der Waals surface area contributed by atoms with Gasteiger partial charge in [-0.05, 0) is 31.1 Å². The molecular formula is C26H25F3N2O8. The number of halogens is 3. The van der Waals surface area contributed by atoms with E-state index in [1.165, 1.54) is 0 Å². The van der Waals surface area contributed by atoms with Crippen molar-refractivity contribution >= 4 is 29.1 Å². The van der Waals surface area contributed by atoms with Crippen LogP contribution >= 0.6 is 0 Å². The van der Waals surface area contributed by atoms with Gasteiger partial charge < -0.3 is 31.5 Å². The number of ketones is 2. The number of rotatable bonds is 4. The normalized spacial score (nSPS) is 29.6. The highest BCUT2D eigenvalue weighted by Gasteiger charge is 2.59. The third-order valence-corrected chi connectivity index (χ3v) is 8.26. The van der Waals surface area contributed by atoms with Crippen LogP contribution in [-0.4, -0.2) is 55.3 Å². The molecule has 4 aliphatic carbocycles. The van der Waals surface area contributed by atoms with Gasteiger partial charge in [-0.3, -0.25) is 19.2 Å². The number of phenolic OH excluding ortho intramolecular Hbond substituents is 1. The minimum Gasteiger partial charge on any atom is -0.511 e. The van der Waals surface area contributed by atoms with E-state index in [1.807, 2.05) is 0 Å². The molecule has 1 fully saturated rings. The number of nitrogens with one attached hydrogen (secondary N) is 1. The fourth-order valence-corrected chi connectivity index (χ4v) is 6.42. The number of aromatic hydroxyl groups is 1. The van der Waals surface area contributed by atoms with Gasteiger partial charge in [0.15, 0.2) is 17.1 Å². The van der Waals surface area contributed by atoms with Crippen LogP contribution in [0.25, 0.3) is 0 Å². The number of aliphatic hydroxyl groups excluding tert-OH is 2. The molecule has 1 aromatic carbocycles. The van der Waals surface area contributed by atoms with Gasteiger partial charge in [-0.1, -0.05) is 0 Å². The monoisotopic (exact) mass is 550 g/mol. The number of hydrogen-bond donors (Lipinski definition) is 6. The van der Waals surface area contributed by atoms with E-state index >= 15 is 4.39 Å². The number of Topliss-reactive ketones (excluding diaryl/α,β-unsaturated/α-hetero) is 2. The first-order valence-corrected chi connectivity index (χ1v) is 12.3. The molecule has 2 amide bonds. The number of benzene rings is 1. The van der Waals surface area contributed by atoms with Crippen LogP contribution in [0.4, 0.5) is 18.9 Å². The maximum Gasteiger partial charge on any atom is 0.255 e. The van der Waals surface area contributed by atoms with Gasteiger partial charge in [0.1, 0.15) is 22.9 Å². The van der Waals surface area contributed by atoms with E-state index in [9.17, 15) is 48.4 Å². The summed E-state index contributed by atoms with van der Waals surface area (Å²) in [5.41, 5.74) is -0.321. The molecule has 0 saturated heterocycles. The number of nitrogens with two attached hydrogens (primary N) is 1. The number of aliphatic hydroxyl groups is 3. The standard InChI is InChI=1S/C26H25F3N2O8/c27-13-7-14(31-16(33)3-9-1-2-25(28,29)8-9)20(34)18-12(13)5-10-4-11-6-15(32)19(24(30)38)23(37)26(11,39)22(36)17(10)21(18)35/h7,9-11,32,34,36,39H,1-6,8H2,(H2,30,38)(H,31,33)/t9?,10?,11-,26-/m0/s1. The molecule has 7 N–H and O–H groups in total. The van der Waals surface area contributed by atoms with Crippen molar-refractivity contribution in [3.05, 3.63) is 45.7 Å². The number of phenols is 1. The Hall–Kier alpha value is -3.87. The molecule has 13 heteroatoms. The first-order chi connectivity index (χ1) is 18.2. The van der Waals surface area contributed by atoms with Crippen molar-refractivity contribution in [2.75, 3.05) is 5.32 Å². The zero-order valence-corrected chi connectivity index (χ0v) is 20.4. The Bertz CT molecular complexity index is 1420. The Morgan fingerprint density at radius 2 is 1.85 bits per heavy atom. The average Bonchev–Trinajstić information content (AvgIpc) is 3.17. The second kappa shape index (κ2) is 8.83. The topological polar surface area (TPSA) is 187 Å². The van der Waals surface area contributed by atoms with Crippen LogP contribution in [0.15, 0.2) is 28.7 Å². The molecule has 2 unspecified atom stereocenters. The number of fused-ring (bicyclic) bond motifs is 3. The van der Waals surface area contributed by atoms with Crippen molar-refractivity contribution in [3.63, 3.8) is 0 Å². The number of primary amides is 1. The van der Waals surface area contributed by atoms with Gasteiger partial charge >= 0.3 is 0 Å². The number of hydrogen-bond acceptors (Lipinski definition) is 8. The molecule has 1 saturated carbocycles. The molecule has 0 aliphatic heterocycles. The summed E-state index contributed by atoms with van der Waals surface area (Å²) in [6.45, 7) is 0. The second-order valence-corrected chi connectivity index (χ2v) is 10.7. The van der Waals surface area contributed by atoms with Crippen LogP contribution in [0.2, 0.25) is 0 Å². The maximum atomic E-state index is 15.2. The summed E-state index contributed by atoms with van der Waals surface area (Å²) in [6.07, 6.45) is -1.84. The summed E-state index contributed by atoms with van der Waals surface area (Å²) in [6, 6.07) is 0.800. The molecule has 0 bridgehead atoms. The number of alkyl halides is 2. The molecule has 0 aromatic heterocycles. The molecule has 5 rings (SSSR count). The average molecular weight is 550 g/mol. The fourth-order valence-electron chi connectivity index (χ4n) is 6.42. The number of carbonyl (C=O) groups excluding carboxylic acids is 4. The summed E-state index contributed by atoms with van der Waals surface area (Å²) in [7, 11) is 0. The molecular weight excluding hydrogens is 525 g/mol. The van der Waals surface area contributed by atoms with E-state index in [0.29, 0.717) is 0 Å². The summed E-state index contributed by atoms with van der Waals surface area (Å²) >= 11 is 0. The van der Waals surface area contributed by atoms with Gasteiger partial charge in [-0.25, -0.2) is 13.2 Å². The van der Waals surface area contributed by atoms with Crippen LogP contribution in [0.5, 0.6) is 5.75 Å². The summed E-state index contributed by atoms with van der Waals surface area (Å²) in [4.78, 5) is 50.7. The number of amides is 2. The van der Waals surface area contributed by atoms with Gasteiger partial charge in [0, 0.05) is 48.8 Å². The van der Waals surface area contributed by atoms with Gasteiger partial charge in [-0.15, -0.1) is 0 Å². The van der Waals surface area contributed by atoms with E-state index < -0.39 is 111 Å². The molecule has 0 heterocycles. The number of allylic oxidation sites excluding steroid dienone is 2. The van der Waals surface area contributed by atoms with Crippen molar-refractivity contribution in [3.8, 4) is 5.75 Å². The lowest BCUT2D eigenvalue weighted by Crippen LogP contribution is -2.57. The molecule has 0 spiro atoms. The van der Waals surface area contributed by atoms with E-state index in [0.717, 1.165) is 6.07 Å². The molecule has 4 atom stereocenters. The quantitative estimate of drug-likeness (QED) is 0.244. The minimum absolute atomic E-state index is 0.116. The number of anilines is 1. The Morgan fingerprint density at radius 3 is 2.46 bits per heavy atom. The summed E-state index contributed by atoms with van der Waals surface area (Å²) in [5, 5.41) is 45.5. The van der Waals surface area contributed by atoms with Crippen LogP contribution in [0, 0.1) is 23.6 Å². The lowest BCUT2D eigenvalue weighted by atomic mass is 9.60. The third kappa shape index (κ3) is 4.06. The first kappa shape index (κ1) is 26.7. The van der Waals surface area contributed by atoms with E-state index in [-0.39, 0.29) is 37.7 Å². The smallest absolute Gasteiger partial charge is 0.255 e. The van der Waals surface area contributed by atoms with Crippen molar-refractivity contribution in [1.82, 2.24) is 0 Å². The molecule has 39 heavy (non-hydrogen) atoms. The fraction of sp³-hybridized carbons (Fsp3) is 0.462. The van der Waals surface area contributed by atoms with E-state index in [1.54, 1.807) is 0 Å². The van der Waals surface area contributed by atoms with Crippen LogP contribution in [-0.2, 0) is 20.8 Å².